The summed E-state index contributed by atoms with van der Waals surface area (Å²) < 4.78 is 14.3. The summed E-state index contributed by atoms with van der Waals surface area (Å²) in [5, 5.41) is 3.43. The molecule has 21 heavy (non-hydrogen) atoms. The summed E-state index contributed by atoms with van der Waals surface area (Å²) in [4.78, 5) is 4.82. The maximum atomic E-state index is 13.7. The summed E-state index contributed by atoms with van der Waals surface area (Å²) in [5.74, 6) is -0.186. The Balaban J connectivity index is 2.16. The minimum Gasteiger partial charge on any atom is -0.315 e. The van der Waals surface area contributed by atoms with E-state index in [2.05, 4.69) is 45.1 Å². The number of hydrogen-bond acceptors (Lipinski definition) is 3. The molecular formula is C16H25BrFN3. The fourth-order valence-electron chi connectivity index (χ4n) is 3.11. The highest BCUT2D eigenvalue weighted by atomic mass is 79.9. The predicted octanol–water partition coefficient (Wildman–Crippen LogP) is 2.35. The number of benzene rings is 1. The van der Waals surface area contributed by atoms with Crippen LogP contribution < -0.4 is 5.32 Å². The van der Waals surface area contributed by atoms with Gasteiger partial charge in [-0.05, 0) is 74.6 Å². The highest BCUT2D eigenvalue weighted by Gasteiger charge is 2.28. The van der Waals surface area contributed by atoms with Gasteiger partial charge in [0.2, 0.25) is 0 Å². The molecule has 1 aromatic rings. The Hall–Kier alpha value is -0.490. The molecule has 1 aliphatic heterocycles. The van der Waals surface area contributed by atoms with E-state index in [0.717, 1.165) is 31.6 Å². The van der Waals surface area contributed by atoms with Gasteiger partial charge in [-0.3, -0.25) is 0 Å². The summed E-state index contributed by atoms with van der Waals surface area (Å²) in [6.07, 6.45) is 2.02. The summed E-state index contributed by atoms with van der Waals surface area (Å²) in [5.41, 5.74) is 1.02. The first-order chi connectivity index (χ1) is 10.0. The number of halogens is 2. The standard InChI is InChI=1S/C16H25BrFN3/c1-19-14(10-12-6-4-7-13(18)16(12)17)15-11-20(2)8-5-9-21(15)3/h4,6-7,14-15,19H,5,8-11H2,1-3H3. The van der Waals surface area contributed by atoms with Crippen molar-refractivity contribution in [2.24, 2.45) is 0 Å². The minimum absolute atomic E-state index is 0.186. The molecule has 5 heteroatoms. The molecule has 1 fully saturated rings. The Morgan fingerprint density at radius 2 is 2.14 bits per heavy atom. The molecule has 1 aromatic carbocycles. The van der Waals surface area contributed by atoms with E-state index < -0.39 is 0 Å². The number of hydrogen-bond donors (Lipinski definition) is 1. The van der Waals surface area contributed by atoms with E-state index in [1.807, 2.05) is 13.1 Å². The number of likely N-dealkylation sites (N-methyl/N-ethyl adjacent to an activating group) is 3. The van der Waals surface area contributed by atoms with Crippen molar-refractivity contribution in [1.29, 1.82) is 0 Å². The summed E-state index contributed by atoms with van der Waals surface area (Å²) in [7, 11) is 6.36. The lowest BCUT2D eigenvalue weighted by atomic mass is 9.98. The lowest BCUT2D eigenvalue weighted by Crippen LogP contribution is -2.52. The van der Waals surface area contributed by atoms with Crippen molar-refractivity contribution < 1.29 is 4.39 Å². The van der Waals surface area contributed by atoms with Crippen molar-refractivity contribution in [2.45, 2.75) is 24.9 Å². The average Bonchev–Trinajstić information content (AvgIpc) is 2.62. The fourth-order valence-corrected chi connectivity index (χ4v) is 3.54. The van der Waals surface area contributed by atoms with E-state index in [-0.39, 0.29) is 5.82 Å². The molecule has 1 saturated heterocycles. The summed E-state index contributed by atoms with van der Waals surface area (Å²) in [6.45, 7) is 3.29. The quantitative estimate of drug-likeness (QED) is 0.892. The molecule has 0 aliphatic carbocycles. The Morgan fingerprint density at radius 3 is 2.86 bits per heavy atom. The van der Waals surface area contributed by atoms with E-state index in [1.54, 1.807) is 6.07 Å². The van der Waals surface area contributed by atoms with Gasteiger partial charge in [-0.15, -0.1) is 0 Å². The molecule has 0 aromatic heterocycles. The average molecular weight is 358 g/mol. The first-order valence-electron chi connectivity index (χ1n) is 7.52. The lowest BCUT2D eigenvalue weighted by Gasteiger charge is -2.34. The zero-order chi connectivity index (χ0) is 15.4. The predicted molar refractivity (Wildman–Crippen MR) is 89.2 cm³/mol. The van der Waals surface area contributed by atoms with Gasteiger partial charge in [-0.25, -0.2) is 4.39 Å². The molecule has 1 N–H and O–H groups in total. The largest absolute Gasteiger partial charge is 0.315 e. The number of rotatable bonds is 4. The second-order valence-corrected chi connectivity index (χ2v) is 6.77. The second kappa shape index (κ2) is 7.68. The number of nitrogens with one attached hydrogen (secondary N) is 1. The molecule has 118 valence electrons. The lowest BCUT2D eigenvalue weighted by molar-refractivity contribution is 0.181. The molecule has 1 aliphatic rings. The Kier molecular flexibility index (Phi) is 6.17. The van der Waals surface area contributed by atoms with E-state index in [1.165, 1.54) is 12.5 Å². The van der Waals surface area contributed by atoms with Gasteiger partial charge in [0.05, 0.1) is 4.47 Å². The molecule has 0 amide bonds. The zero-order valence-electron chi connectivity index (χ0n) is 13.1. The molecule has 0 spiro atoms. The Bertz CT molecular complexity index is 469. The third kappa shape index (κ3) is 4.25. The molecule has 0 saturated carbocycles. The van der Waals surface area contributed by atoms with Crippen LogP contribution in [-0.2, 0) is 6.42 Å². The zero-order valence-corrected chi connectivity index (χ0v) is 14.7. The van der Waals surface area contributed by atoms with Crippen molar-refractivity contribution in [3.8, 4) is 0 Å². The van der Waals surface area contributed by atoms with Crippen LogP contribution in [0.15, 0.2) is 22.7 Å². The maximum absolute atomic E-state index is 13.7. The van der Waals surface area contributed by atoms with Crippen LogP contribution in [-0.4, -0.2) is 62.7 Å². The van der Waals surface area contributed by atoms with E-state index in [9.17, 15) is 4.39 Å². The Labute approximate surface area is 135 Å². The Morgan fingerprint density at radius 1 is 1.38 bits per heavy atom. The monoisotopic (exact) mass is 357 g/mol. The molecule has 2 rings (SSSR count). The van der Waals surface area contributed by atoms with Crippen LogP contribution in [0, 0.1) is 5.82 Å². The van der Waals surface area contributed by atoms with E-state index in [4.69, 9.17) is 0 Å². The molecular weight excluding hydrogens is 333 g/mol. The molecule has 3 nitrogen and oxygen atoms in total. The minimum atomic E-state index is -0.186. The van der Waals surface area contributed by atoms with Crippen molar-refractivity contribution >= 4 is 15.9 Å². The van der Waals surface area contributed by atoms with Crippen molar-refractivity contribution in [2.75, 3.05) is 40.8 Å². The van der Waals surface area contributed by atoms with Gasteiger partial charge in [0.25, 0.3) is 0 Å². The van der Waals surface area contributed by atoms with Crippen molar-refractivity contribution in [1.82, 2.24) is 15.1 Å². The van der Waals surface area contributed by atoms with Crippen LogP contribution in [0.4, 0.5) is 4.39 Å². The topological polar surface area (TPSA) is 18.5 Å². The van der Waals surface area contributed by atoms with Crippen LogP contribution in [0.2, 0.25) is 0 Å². The van der Waals surface area contributed by atoms with Crippen LogP contribution in [0.25, 0.3) is 0 Å². The van der Waals surface area contributed by atoms with Crippen molar-refractivity contribution in [3.05, 3.63) is 34.1 Å². The molecule has 0 bridgehead atoms. The third-order valence-corrected chi connectivity index (χ3v) is 5.31. The first-order valence-corrected chi connectivity index (χ1v) is 8.31. The van der Waals surface area contributed by atoms with Crippen molar-refractivity contribution in [3.63, 3.8) is 0 Å². The van der Waals surface area contributed by atoms with Gasteiger partial charge in [0.15, 0.2) is 0 Å². The van der Waals surface area contributed by atoms with Gasteiger partial charge in [-0.2, -0.15) is 0 Å². The fraction of sp³-hybridized carbons (Fsp3) is 0.625. The summed E-state index contributed by atoms with van der Waals surface area (Å²) >= 11 is 3.38. The molecule has 2 atom stereocenters. The third-order valence-electron chi connectivity index (χ3n) is 4.42. The van der Waals surface area contributed by atoms with Gasteiger partial charge in [-0.1, -0.05) is 12.1 Å². The first kappa shape index (κ1) is 16.9. The van der Waals surface area contributed by atoms with Crippen LogP contribution in [0.1, 0.15) is 12.0 Å². The van der Waals surface area contributed by atoms with Gasteiger partial charge in [0.1, 0.15) is 5.82 Å². The number of nitrogens with zero attached hydrogens (tertiary/aromatic N) is 2. The molecule has 2 unspecified atom stereocenters. The highest BCUT2D eigenvalue weighted by molar-refractivity contribution is 9.10. The van der Waals surface area contributed by atoms with Crippen LogP contribution >= 0.6 is 15.9 Å². The van der Waals surface area contributed by atoms with Crippen LogP contribution in [0.3, 0.4) is 0 Å². The highest BCUT2D eigenvalue weighted by Crippen LogP contribution is 2.23. The maximum Gasteiger partial charge on any atom is 0.137 e. The molecule has 0 radical (unpaired) electrons. The van der Waals surface area contributed by atoms with Gasteiger partial charge >= 0.3 is 0 Å². The van der Waals surface area contributed by atoms with E-state index >= 15 is 0 Å². The van der Waals surface area contributed by atoms with E-state index in [0.29, 0.717) is 16.6 Å². The van der Waals surface area contributed by atoms with Gasteiger partial charge in [0, 0.05) is 18.6 Å². The molecule has 1 heterocycles. The normalized spacial score (nSPS) is 23.0. The second-order valence-electron chi connectivity index (χ2n) is 5.98. The SMILES string of the molecule is CNC(Cc1cccc(F)c1Br)C1CN(C)CCCN1C. The van der Waals surface area contributed by atoms with Crippen LogP contribution in [0.5, 0.6) is 0 Å². The summed E-state index contributed by atoms with van der Waals surface area (Å²) in [6, 6.07) is 6.00. The smallest absolute Gasteiger partial charge is 0.137 e. The van der Waals surface area contributed by atoms with Gasteiger partial charge < -0.3 is 15.1 Å².